The second kappa shape index (κ2) is 9.52. The number of anilines is 1. The molecule has 0 bridgehead atoms. The van der Waals surface area contributed by atoms with Crippen molar-refractivity contribution in [2.45, 2.75) is 51.0 Å². The normalized spacial score (nSPS) is 26.5. The van der Waals surface area contributed by atoms with E-state index < -0.39 is 21.6 Å². The van der Waals surface area contributed by atoms with Gasteiger partial charge in [-0.15, -0.1) is 0 Å². The molecule has 178 valence electrons. The predicted molar refractivity (Wildman–Crippen MR) is 121 cm³/mol. The summed E-state index contributed by atoms with van der Waals surface area (Å²) >= 11 is 0. The molecule has 3 aliphatic rings. The summed E-state index contributed by atoms with van der Waals surface area (Å²) in [5, 5.41) is 0. The number of hydrogen-bond acceptors (Lipinski definition) is 8. The SMILES string of the molecule is CCS(=O)(=O)OC1(C(N)=O)CCC(CCN2CCN(c3nccc4c3CCO4)CC2)CC1. The van der Waals surface area contributed by atoms with E-state index >= 15 is 0 Å². The van der Waals surface area contributed by atoms with Gasteiger partial charge in [-0.05, 0) is 57.6 Å². The third-order valence-electron chi connectivity index (χ3n) is 7.13. The monoisotopic (exact) mass is 466 g/mol. The van der Waals surface area contributed by atoms with Gasteiger partial charge < -0.3 is 15.4 Å². The van der Waals surface area contributed by atoms with E-state index in [-0.39, 0.29) is 5.75 Å². The fourth-order valence-electron chi connectivity index (χ4n) is 5.02. The van der Waals surface area contributed by atoms with Gasteiger partial charge in [0.05, 0.1) is 12.4 Å². The van der Waals surface area contributed by atoms with Crippen molar-refractivity contribution in [3.8, 4) is 5.75 Å². The molecule has 0 spiro atoms. The molecule has 2 aliphatic heterocycles. The summed E-state index contributed by atoms with van der Waals surface area (Å²) in [4.78, 5) is 21.5. The van der Waals surface area contributed by atoms with Gasteiger partial charge in [0, 0.05) is 44.4 Å². The lowest BCUT2D eigenvalue weighted by atomic mass is 9.77. The van der Waals surface area contributed by atoms with Gasteiger partial charge in [-0.2, -0.15) is 8.42 Å². The van der Waals surface area contributed by atoms with Crippen molar-refractivity contribution >= 4 is 21.8 Å². The zero-order chi connectivity index (χ0) is 22.8. The summed E-state index contributed by atoms with van der Waals surface area (Å²) in [6.45, 7) is 7.11. The van der Waals surface area contributed by atoms with Gasteiger partial charge >= 0.3 is 0 Å². The first-order chi connectivity index (χ1) is 15.3. The van der Waals surface area contributed by atoms with Crippen molar-refractivity contribution in [2.75, 3.05) is 50.0 Å². The lowest BCUT2D eigenvalue weighted by Crippen LogP contribution is -2.50. The molecule has 1 aromatic heterocycles. The molecule has 0 radical (unpaired) electrons. The first-order valence-electron chi connectivity index (χ1n) is 11.6. The summed E-state index contributed by atoms with van der Waals surface area (Å²) in [6, 6.07) is 1.95. The fourth-order valence-corrected chi connectivity index (χ4v) is 5.88. The minimum Gasteiger partial charge on any atom is -0.493 e. The van der Waals surface area contributed by atoms with E-state index in [9.17, 15) is 13.2 Å². The third-order valence-corrected chi connectivity index (χ3v) is 8.41. The number of carbonyl (C=O) groups excluding carboxylic acids is 1. The summed E-state index contributed by atoms with van der Waals surface area (Å²) in [6.07, 6.45) is 6.03. The first-order valence-corrected chi connectivity index (χ1v) is 13.2. The Bertz CT molecular complexity index is 922. The van der Waals surface area contributed by atoms with Crippen LogP contribution in [0.15, 0.2) is 12.3 Å². The number of hydrogen-bond donors (Lipinski definition) is 1. The van der Waals surface area contributed by atoms with Gasteiger partial charge in [0.15, 0.2) is 5.60 Å². The summed E-state index contributed by atoms with van der Waals surface area (Å²) in [5.74, 6) is 1.65. The summed E-state index contributed by atoms with van der Waals surface area (Å²) in [5.41, 5.74) is 5.40. The maximum Gasteiger partial charge on any atom is 0.268 e. The Morgan fingerprint density at radius 1 is 1.28 bits per heavy atom. The standard InChI is InChI=1S/C22H34N4O5S/c1-2-32(28,29)31-22(21(23)27)8-3-17(4-9-22)6-11-25-12-14-26(15-13-25)20-18-7-16-30-19(18)5-10-24-20/h5,10,17H,2-4,6-9,11-16H2,1H3,(H2,23,27). The van der Waals surface area contributed by atoms with E-state index in [1.54, 1.807) is 0 Å². The molecule has 3 heterocycles. The third kappa shape index (κ3) is 5.02. The molecule has 2 fully saturated rings. The topological polar surface area (TPSA) is 115 Å². The Morgan fingerprint density at radius 2 is 2.00 bits per heavy atom. The lowest BCUT2D eigenvalue weighted by Gasteiger charge is -2.39. The second-order valence-electron chi connectivity index (χ2n) is 9.06. The smallest absolute Gasteiger partial charge is 0.268 e. The Kier molecular flexibility index (Phi) is 6.92. The molecule has 1 aliphatic carbocycles. The number of pyridine rings is 1. The van der Waals surface area contributed by atoms with Crippen molar-refractivity contribution in [3.05, 3.63) is 17.8 Å². The van der Waals surface area contributed by atoms with Crippen LogP contribution in [0.25, 0.3) is 0 Å². The number of nitrogens with two attached hydrogens (primary N) is 1. The largest absolute Gasteiger partial charge is 0.493 e. The predicted octanol–water partition coefficient (Wildman–Crippen LogP) is 1.31. The van der Waals surface area contributed by atoms with Gasteiger partial charge in [0.1, 0.15) is 11.6 Å². The highest BCUT2D eigenvalue weighted by molar-refractivity contribution is 7.86. The summed E-state index contributed by atoms with van der Waals surface area (Å²) in [7, 11) is -3.73. The zero-order valence-electron chi connectivity index (χ0n) is 18.8. The van der Waals surface area contributed by atoms with Crippen molar-refractivity contribution in [2.24, 2.45) is 11.7 Å². The van der Waals surface area contributed by atoms with E-state index in [0.29, 0.717) is 18.8 Å². The molecule has 0 aromatic carbocycles. The Balaban J connectivity index is 1.24. The molecular weight excluding hydrogens is 432 g/mol. The molecule has 0 atom stereocenters. The number of ether oxygens (including phenoxy) is 1. The number of aromatic nitrogens is 1. The van der Waals surface area contributed by atoms with Gasteiger partial charge in [0.25, 0.3) is 16.0 Å². The average Bonchev–Trinajstić information content (AvgIpc) is 3.28. The Morgan fingerprint density at radius 3 is 2.66 bits per heavy atom. The minimum absolute atomic E-state index is 0.161. The van der Waals surface area contributed by atoms with Crippen molar-refractivity contribution < 1.29 is 22.1 Å². The molecule has 1 amide bonds. The number of rotatable bonds is 8. The lowest BCUT2D eigenvalue weighted by molar-refractivity contribution is -0.136. The van der Waals surface area contributed by atoms with Crippen molar-refractivity contribution in [1.29, 1.82) is 0 Å². The van der Waals surface area contributed by atoms with Crippen LogP contribution in [-0.4, -0.2) is 74.9 Å². The number of amides is 1. The first kappa shape index (κ1) is 23.3. The molecule has 10 heteroatoms. The van der Waals surface area contributed by atoms with Crippen LogP contribution in [-0.2, 0) is 25.5 Å². The number of primary amides is 1. The quantitative estimate of drug-likeness (QED) is 0.570. The van der Waals surface area contributed by atoms with Gasteiger partial charge in [0.2, 0.25) is 0 Å². The van der Waals surface area contributed by atoms with Crippen LogP contribution in [0.1, 0.15) is 44.6 Å². The molecular formula is C22H34N4O5S. The van der Waals surface area contributed by atoms with Gasteiger partial charge in [-0.25, -0.2) is 4.98 Å². The maximum atomic E-state index is 12.0. The average molecular weight is 467 g/mol. The molecule has 4 rings (SSSR count). The van der Waals surface area contributed by atoms with Gasteiger partial charge in [-0.1, -0.05) is 0 Å². The minimum atomic E-state index is -3.73. The van der Waals surface area contributed by atoms with Crippen molar-refractivity contribution in [1.82, 2.24) is 9.88 Å². The summed E-state index contributed by atoms with van der Waals surface area (Å²) < 4.78 is 34.8. The van der Waals surface area contributed by atoms with Gasteiger partial charge in [-0.3, -0.25) is 13.9 Å². The molecule has 1 aromatic rings. The molecule has 0 unspecified atom stereocenters. The van der Waals surface area contributed by atoms with Crippen LogP contribution in [0.2, 0.25) is 0 Å². The van der Waals surface area contributed by atoms with E-state index in [1.165, 1.54) is 12.5 Å². The molecule has 32 heavy (non-hydrogen) atoms. The number of fused-ring (bicyclic) bond motifs is 1. The van der Waals surface area contributed by atoms with Crippen LogP contribution in [0.4, 0.5) is 5.82 Å². The number of nitrogens with zero attached hydrogens (tertiary/aromatic N) is 3. The highest BCUT2D eigenvalue weighted by Crippen LogP contribution is 2.38. The Hall–Kier alpha value is -1.91. The zero-order valence-corrected chi connectivity index (χ0v) is 19.6. The van der Waals surface area contributed by atoms with Crippen LogP contribution in [0.3, 0.4) is 0 Å². The van der Waals surface area contributed by atoms with Crippen LogP contribution >= 0.6 is 0 Å². The second-order valence-corrected chi connectivity index (χ2v) is 10.9. The van der Waals surface area contributed by atoms with E-state index in [4.69, 9.17) is 14.7 Å². The number of piperazine rings is 1. The van der Waals surface area contributed by atoms with Crippen molar-refractivity contribution in [3.63, 3.8) is 0 Å². The molecule has 1 saturated heterocycles. The Labute approximate surface area is 190 Å². The highest BCUT2D eigenvalue weighted by Gasteiger charge is 2.45. The fraction of sp³-hybridized carbons (Fsp3) is 0.727. The van der Waals surface area contributed by atoms with Crippen LogP contribution in [0, 0.1) is 5.92 Å². The molecule has 1 saturated carbocycles. The molecule has 2 N–H and O–H groups in total. The van der Waals surface area contributed by atoms with E-state index in [0.717, 1.165) is 76.6 Å². The maximum absolute atomic E-state index is 12.0. The molecule has 9 nitrogen and oxygen atoms in total. The van der Waals surface area contributed by atoms with Crippen LogP contribution in [0.5, 0.6) is 5.75 Å². The van der Waals surface area contributed by atoms with Crippen LogP contribution < -0.4 is 15.4 Å². The van der Waals surface area contributed by atoms with E-state index in [1.807, 2.05) is 12.3 Å². The van der Waals surface area contributed by atoms with E-state index in [2.05, 4.69) is 14.8 Å². The number of carbonyl (C=O) groups is 1. The highest BCUT2D eigenvalue weighted by atomic mass is 32.2.